The predicted molar refractivity (Wildman–Crippen MR) is 50.6 cm³/mol. The van der Waals surface area contributed by atoms with Gasteiger partial charge in [0.2, 0.25) is 0 Å². The van der Waals surface area contributed by atoms with E-state index in [9.17, 15) is 9.59 Å². The molecular weight excluding hydrogens is 180 g/mol. The second-order valence-corrected chi connectivity index (χ2v) is 3.25. The van der Waals surface area contributed by atoms with E-state index in [0.29, 0.717) is 0 Å². The second-order valence-electron chi connectivity index (χ2n) is 3.25. The quantitative estimate of drug-likeness (QED) is 0.646. The second kappa shape index (κ2) is 3.14. The first-order valence-corrected chi connectivity index (χ1v) is 4.35. The van der Waals surface area contributed by atoms with Gasteiger partial charge in [-0.15, -0.1) is 0 Å². The number of imide groups is 1. The largest absolute Gasteiger partial charge is 0.322 e. The fraction of sp³-hybridized carbons (Fsp3) is 0.200. The molecule has 1 heterocycles. The highest BCUT2D eigenvalue weighted by atomic mass is 16.2. The molecule has 2 rings (SSSR count). The van der Waals surface area contributed by atoms with Crippen LogP contribution in [0.5, 0.6) is 0 Å². The van der Waals surface area contributed by atoms with E-state index in [0.717, 1.165) is 11.1 Å². The first-order valence-electron chi connectivity index (χ1n) is 4.35. The van der Waals surface area contributed by atoms with Crippen molar-refractivity contribution in [3.8, 4) is 0 Å². The third kappa shape index (κ3) is 1.35. The van der Waals surface area contributed by atoms with Gasteiger partial charge in [-0.1, -0.05) is 24.3 Å². The molecule has 1 aliphatic heterocycles. The van der Waals surface area contributed by atoms with Crippen LogP contribution in [0.3, 0.4) is 0 Å². The van der Waals surface area contributed by atoms with Crippen LogP contribution in [-0.4, -0.2) is 11.9 Å². The summed E-state index contributed by atoms with van der Waals surface area (Å²) in [6.07, 6.45) is 0. The van der Waals surface area contributed by atoms with Gasteiger partial charge in [0.15, 0.2) is 0 Å². The third-order valence-electron chi connectivity index (χ3n) is 2.27. The van der Waals surface area contributed by atoms with Crippen LogP contribution < -0.4 is 10.6 Å². The Hall–Kier alpha value is -1.84. The van der Waals surface area contributed by atoms with Crippen molar-refractivity contribution in [2.75, 3.05) is 0 Å². The van der Waals surface area contributed by atoms with E-state index in [1.54, 1.807) is 0 Å². The molecular formula is C10H10N2O2. The Morgan fingerprint density at radius 3 is 2.50 bits per heavy atom. The van der Waals surface area contributed by atoms with Gasteiger partial charge in [-0.2, -0.15) is 0 Å². The zero-order valence-corrected chi connectivity index (χ0v) is 7.70. The van der Waals surface area contributed by atoms with Gasteiger partial charge >= 0.3 is 6.03 Å². The predicted octanol–water partition coefficient (Wildman–Crippen LogP) is 0.876. The van der Waals surface area contributed by atoms with Gasteiger partial charge < -0.3 is 5.32 Å². The summed E-state index contributed by atoms with van der Waals surface area (Å²) in [7, 11) is 0. The van der Waals surface area contributed by atoms with Crippen LogP contribution in [-0.2, 0) is 4.79 Å². The van der Waals surface area contributed by atoms with E-state index in [4.69, 9.17) is 0 Å². The molecule has 1 aromatic rings. The molecule has 4 heteroatoms. The third-order valence-corrected chi connectivity index (χ3v) is 2.27. The van der Waals surface area contributed by atoms with Crippen LogP contribution >= 0.6 is 0 Å². The van der Waals surface area contributed by atoms with Crippen molar-refractivity contribution in [1.82, 2.24) is 10.6 Å². The van der Waals surface area contributed by atoms with Crippen LogP contribution in [0.2, 0.25) is 0 Å². The summed E-state index contributed by atoms with van der Waals surface area (Å²) in [4.78, 5) is 22.2. The first-order chi connectivity index (χ1) is 6.68. The average Bonchev–Trinajstić information content (AvgIpc) is 2.46. The number of urea groups is 1. The molecule has 1 saturated heterocycles. The minimum atomic E-state index is -0.538. The number of carbonyl (C=O) groups excluding carboxylic acids is 2. The molecule has 3 amide bonds. The van der Waals surface area contributed by atoms with E-state index in [-0.39, 0.29) is 5.91 Å². The van der Waals surface area contributed by atoms with Gasteiger partial charge in [0.25, 0.3) is 5.91 Å². The number of nitrogens with one attached hydrogen (secondary N) is 2. The Morgan fingerprint density at radius 1 is 1.21 bits per heavy atom. The molecule has 1 aliphatic rings. The fourth-order valence-corrected chi connectivity index (χ4v) is 1.55. The molecule has 0 saturated carbocycles. The number of benzene rings is 1. The van der Waals surface area contributed by atoms with Crippen LogP contribution in [0.15, 0.2) is 24.3 Å². The summed E-state index contributed by atoms with van der Waals surface area (Å²) in [5.74, 6) is -0.288. The lowest BCUT2D eigenvalue weighted by atomic mass is 10.0. The van der Waals surface area contributed by atoms with Crippen molar-refractivity contribution in [2.45, 2.75) is 13.0 Å². The summed E-state index contributed by atoms with van der Waals surface area (Å²) in [5, 5.41) is 4.76. The van der Waals surface area contributed by atoms with Crippen LogP contribution in [0.1, 0.15) is 17.2 Å². The standard InChI is InChI=1S/C10H10N2O2/c1-6-4-2-3-5-7(6)8-9(13)12-10(14)11-8/h2-5,8H,1H3,(H2,11,12,13,14). The number of rotatable bonds is 1. The van der Waals surface area contributed by atoms with Crippen molar-refractivity contribution in [3.63, 3.8) is 0 Å². The fourth-order valence-electron chi connectivity index (χ4n) is 1.55. The van der Waals surface area contributed by atoms with E-state index >= 15 is 0 Å². The smallest absolute Gasteiger partial charge is 0.322 e. The van der Waals surface area contributed by atoms with Crippen LogP contribution in [0.4, 0.5) is 4.79 Å². The molecule has 1 aromatic carbocycles. The van der Waals surface area contributed by atoms with E-state index < -0.39 is 12.1 Å². The number of hydrogen-bond donors (Lipinski definition) is 2. The maximum absolute atomic E-state index is 11.3. The molecule has 0 spiro atoms. The Morgan fingerprint density at radius 2 is 1.93 bits per heavy atom. The molecule has 4 nitrogen and oxygen atoms in total. The molecule has 0 radical (unpaired) electrons. The van der Waals surface area contributed by atoms with Crippen molar-refractivity contribution in [2.24, 2.45) is 0 Å². The minimum absolute atomic E-state index is 0.288. The monoisotopic (exact) mass is 190 g/mol. The number of hydrogen-bond acceptors (Lipinski definition) is 2. The Balaban J connectivity index is 2.36. The van der Waals surface area contributed by atoms with Gasteiger partial charge in [0.05, 0.1) is 0 Å². The van der Waals surface area contributed by atoms with Crippen LogP contribution in [0.25, 0.3) is 0 Å². The summed E-state index contributed by atoms with van der Waals surface area (Å²) in [6.45, 7) is 1.91. The summed E-state index contributed by atoms with van der Waals surface area (Å²) < 4.78 is 0. The highest BCUT2D eigenvalue weighted by molar-refractivity contribution is 6.04. The van der Waals surface area contributed by atoms with Crippen molar-refractivity contribution < 1.29 is 9.59 Å². The summed E-state index contributed by atoms with van der Waals surface area (Å²) in [5.41, 5.74) is 1.84. The highest BCUT2D eigenvalue weighted by Crippen LogP contribution is 2.19. The Kier molecular flexibility index (Phi) is 1.96. The van der Waals surface area contributed by atoms with Gasteiger partial charge in [-0.25, -0.2) is 4.79 Å². The molecule has 0 bridgehead atoms. The van der Waals surface area contributed by atoms with Gasteiger partial charge in [0.1, 0.15) is 6.04 Å². The highest BCUT2D eigenvalue weighted by Gasteiger charge is 2.31. The van der Waals surface area contributed by atoms with Crippen molar-refractivity contribution >= 4 is 11.9 Å². The topological polar surface area (TPSA) is 58.2 Å². The number of carbonyl (C=O) groups is 2. The van der Waals surface area contributed by atoms with E-state index in [1.165, 1.54) is 0 Å². The molecule has 0 aliphatic carbocycles. The molecule has 72 valence electrons. The maximum Gasteiger partial charge on any atom is 0.322 e. The molecule has 1 atom stereocenters. The Bertz CT molecular complexity index is 401. The van der Waals surface area contributed by atoms with Crippen molar-refractivity contribution in [3.05, 3.63) is 35.4 Å². The van der Waals surface area contributed by atoms with Crippen molar-refractivity contribution in [1.29, 1.82) is 0 Å². The van der Waals surface area contributed by atoms with Gasteiger partial charge in [-0.05, 0) is 18.1 Å². The SMILES string of the molecule is Cc1ccccc1C1NC(=O)NC1=O. The average molecular weight is 190 g/mol. The maximum atomic E-state index is 11.3. The molecule has 14 heavy (non-hydrogen) atoms. The molecule has 0 aromatic heterocycles. The zero-order chi connectivity index (χ0) is 10.1. The molecule has 2 N–H and O–H groups in total. The van der Waals surface area contributed by atoms with Gasteiger partial charge in [0, 0.05) is 0 Å². The summed E-state index contributed by atoms with van der Waals surface area (Å²) in [6, 6.07) is 6.53. The molecule has 1 unspecified atom stereocenters. The van der Waals surface area contributed by atoms with Gasteiger partial charge in [-0.3, -0.25) is 10.1 Å². The number of amides is 3. The van der Waals surface area contributed by atoms with E-state index in [2.05, 4.69) is 10.6 Å². The summed E-state index contributed by atoms with van der Waals surface area (Å²) >= 11 is 0. The normalized spacial score (nSPS) is 20.5. The lowest BCUT2D eigenvalue weighted by molar-refractivity contribution is -0.120. The van der Waals surface area contributed by atoms with E-state index in [1.807, 2.05) is 31.2 Å². The molecule has 1 fully saturated rings. The minimum Gasteiger partial charge on any atom is -0.322 e. The van der Waals surface area contributed by atoms with Crippen LogP contribution in [0, 0.1) is 6.92 Å². The zero-order valence-electron chi connectivity index (χ0n) is 7.70. The Labute approximate surface area is 81.3 Å². The lowest BCUT2D eigenvalue weighted by Gasteiger charge is -2.09. The lowest BCUT2D eigenvalue weighted by Crippen LogP contribution is -2.22. The number of aryl methyl sites for hydroxylation is 1. The first kappa shape index (κ1) is 8.74.